The molecule has 2 heterocycles. The van der Waals surface area contributed by atoms with Crippen LogP contribution in [0, 0.1) is 0 Å². The van der Waals surface area contributed by atoms with E-state index in [9.17, 15) is 4.79 Å². The molecule has 3 N–H and O–H groups in total. The van der Waals surface area contributed by atoms with E-state index in [0.717, 1.165) is 11.1 Å². The first-order valence-corrected chi connectivity index (χ1v) is 8.67. The Kier molecular flexibility index (Phi) is 4.79. The van der Waals surface area contributed by atoms with Crippen molar-refractivity contribution in [1.82, 2.24) is 15.1 Å². The van der Waals surface area contributed by atoms with Crippen molar-refractivity contribution in [2.75, 3.05) is 11.1 Å². The fourth-order valence-corrected chi connectivity index (χ4v) is 2.69. The van der Waals surface area contributed by atoms with E-state index in [-0.39, 0.29) is 5.91 Å². The number of pyridine rings is 1. The second kappa shape index (κ2) is 7.71. The highest BCUT2D eigenvalue weighted by Crippen LogP contribution is 2.19. The van der Waals surface area contributed by atoms with Gasteiger partial charge in [-0.25, -0.2) is 0 Å². The minimum absolute atomic E-state index is 0.220. The number of nitrogen functional groups attached to an aromatic ring is 1. The van der Waals surface area contributed by atoms with E-state index in [0.29, 0.717) is 35.1 Å². The lowest BCUT2D eigenvalue weighted by molar-refractivity contribution is 0.102. The highest BCUT2D eigenvalue weighted by molar-refractivity contribution is 6.05. The highest BCUT2D eigenvalue weighted by Gasteiger charge is 2.11. The normalized spacial score (nSPS) is 10.6. The molecule has 7 heteroatoms. The molecule has 2 aromatic heterocycles. The first kappa shape index (κ1) is 17.4. The molecule has 0 fully saturated rings. The van der Waals surface area contributed by atoms with Crippen molar-refractivity contribution in [2.45, 2.75) is 6.42 Å². The summed E-state index contributed by atoms with van der Waals surface area (Å²) >= 11 is 0. The molecule has 0 unspecified atom stereocenters. The lowest BCUT2D eigenvalue weighted by Crippen LogP contribution is -2.13. The van der Waals surface area contributed by atoms with Crippen molar-refractivity contribution in [3.63, 3.8) is 0 Å². The largest absolute Gasteiger partial charge is 0.397 e. The molecule has 0 aliphatic carbocycles. The van der Waals surface area contributed by atoms with Crippen LogP contribution in [-0.4, -0.2) is 21.0 Å². The molecule has 0 atom stereocenters. The maximum atomic E-state index is 12.4. The molecular weight excluding hydrogens is 354 g/mol. The molecule has 4 rings (SSSR count). The van der Waals surface area contributed by atoms with Crippen LogP contribution in [0.5, 0.6) is 0 Å². The molecule has 0 spiro atoms. The Labute approximate surface area is 161 Å². The number of amides is 1. The van der Waals surface area contributed by atoms with E-state index in [2.05, 4.69) is 20.4 Å². The van der Waals surface area contributed by atoms with Crippen LogP contribution in [0.3, 0.4) is 0 Å². The maximum absolute atomic E-state index is 12.4. The zero-order valence-corrected chi connectivity index (χ0v) is 14.9. The van der Waals surface area contributed by atoms with Gasteiger partial charge in [0.2, 0.25) is 0 Å². The second-order valence-corrected chi connectivity index (χ2v) is 6.17. The number of para-hydroxylation sites is 2. The maximum Gasteiger partial charge on any atom is 0.259 e. The molecule has 1 amide bonds. The summed E-state index contributed by atoms with van der Waals surface area (Å²) in [6.07, 6.45) is 3.85. The number of hydrogen-bond acceptors (Lipinski definition) is 6. The molecule has 2 aromatic carbocycles. The summed E-state index contributed by atoms with van der Waals surface area (Å²) in [6, 6.07) is 18.0. The molecule has 0 radical (unpaired) electrons. The Morgan fingerprint density at radius 3 is 2.61 bits per heavy atom. The van der Waals surface area contributed by atoms with Crippen LogP contribution in [0.4, 0.5) is 11.4 Å². The van der Waals surface area contributed by atoms with Gasteiger partial charge < -0.3 is 15.6 Å². The van der Waals surface area contributed by atoms with Crippen LogP contribution in [-0.2, 0) is 6.42 Å². The van der Waals surface area contributed by atoms with Gasteiger partial charge >= 0.3 is 0 Å². The molecule has 28 heavy (non-hydrogen) atoms. The van der Waals surface area contributed by atoms with Crippen LogP contribution in [0.15, 0.2) is 77.6 Å². The van der Waals surface area contributed by atoms with Crippen LogP contribution >= 0.6 is 0 Å². The zero-order chi connectivity index (χ0) is 19.3. The Bertz CT molecular complexity index is 1090. The third kappa shape index (κ3) is 3.88. The second-order valence-electron chi connectivity index (χ2n) is 6.17. The van der Waals surface area contributed by atoms with Gasteiger partial charge in [-0.1, -0.05) is 29.4 Å². The van der Waals surface area contributed by atoms with Crippen molar-refractivity contribution in [3.8, 4) is 11.5 Å². The van der Waals surface area contributed by atoms with Crippen LogP contribution in [0.1, 0.15) is 21.7 Å². The highest BCUT2D eigenvalue weighted by atomic mass is 16.5. The number of benzene rings is 2. The predicted octanol–water partition coefficient (Wildman–Crippen LogP) is 3.56. The first-order valence-electron chi connectivity index (χ1n) is 8.67. The number of carbonyl (C=O) groups excluding carboxylic acids is 1. The fourth-order valence-electron chi connectivity index (χ4n) is 2.69. The van der Waals surface area contributed by atoms with E-state index in [4.69, 9.17) is 10.3 Å². The fraction of sp³-hybridized carbons (Fsp3) is 0.0476. The molecule has 0 saturated heterocycles. The summed E-state index contributed by atoms with van der Waals surface area (Å²) in [5, 5.41) is 6.81. The Hall–Kier alpha value is -4.00. The Balaban J connectivity index is 1.43. The number of nitrogens with zero attached hydrogens (tertiary/aromatic N) is 3. The lowest BCUT2D eigenvalue weighted by Gasteiger charge is -2.08. The molecule has 138 valence electrons. The van der Waals surface area contributed by atoms with Gasteiger partial charge in [0.1, 0.15) is 0 Å². The smallest absolute Gasteiger partial charge is 0.259 e. The van der Waals surface area contributed by atoms with Gasteiger partial charge in [-0.2, -0.15) is 4.98 Å². The summed E-state index contributed by atoms with van der Waals surface area (Å²) in [5.74, 6) is 0.774. The number of nitrogens with one attached hydrogen (secondary N) is 1. The average molecular weight is 371 g/mol. The Morgan fingerprint density at radius 1 is 1.04 bits per heavy atom. The summed E-state index contributed by atoms with van der Waals surface area (Å²) in [6.45, 7) is 0. The van der Waals surface area contributed by atoms with Gasteiger partial charge in [0.05, 0.1) is 16.9 Å². The van der Waals surface area contributed by atoms with Crippen LogP contribution in [0.2, 0.25) is 0 Å². The Morgan fingerprint density at radius 2 is 1.86 bits per heavy atom. The van der Waals surface area contributed by atoms with Gasteiger partial charge in [0.25, 0.3) is 11.8 Å². The molecule has 4 aromatic rings. The first-order chi connectivity index (χ1) is 13.7. The van der Waals surface area contributed by atoms with Crippen LogP contribution < -0.4 is 11.1 Å². The number of nitrogens with two attached hydrogens (primary N) is 1. The minimum Gasteiger partial charge on any atom is -0.397 e. The SMILES string of the molecule is Nc1ccccc1NC(=O)c1ccc(Cc2noc(-c3cccnc3)n2)cc1. The monoisotopic (exact) mass is 371 g/mol. The van der Waals surface area contributed by atoms with Crippen molar-refractivity contribution in [1.29, 1.82) is 0 Å². The van der Waals surface area contributed by atoms with Crippen molar-refractivity contribution in [2.24, 2.45) is 0 Å². The van der Waals surface area contributed by atoms with Crippen LogP contribution in [0.25, 0.3) is 11.5 Å². The predicted molar refractivity (Wildman–Crippen MR) is 106 cm³/mol. The van der Waals surface area contributed by atoms with Crippen molar-refractivity contribution in [3.05, 3.63) is 90.0 Å². The van der Waals surface area contributed by atoms with Gasteiger partial charge in [0.15, 0.2) is 5.82 Å². The molecule has 0 bridgehead atoms. The topological polar surface area (TPSA) is 107 Å². The van der Waals surface area contributed by atoms with Gasteiger partial charge in [0, 0.05) is 24.4 Å². The van der Waals surface area contributed by atoms with Gasteiger partial charge in [-0.05, 0) is 42.0 Å². The average Bonchev–Trinajstić information content (AvgIpc) is 3.19. The summed E-state index contributed by atoms with van der Waals surface area (Å²) in [4.78, 5) is 20.8. The van der Waals surface area contributed by atoms with Crippen molar-refractivity contribution >= 4 is 17.3 Å². The quantitative estimate of drug-likeness (QED) is 0.520. The standard InChI is InChI=1S/C21H17N5O2/c22-17-5-1-2-6-18(17)24-20(27)15-9-7-14(8-10-15)12-19-25-21(28-26-19)16-4-3-11-23-13-16/h1-11,13H,12,22H2,(H,24,27). The molecule has 7 nitrogen and oxygen atoms in total. The van der Waals surface area contributed by atoms with E-state index >= 15 is 0 Å². The number of rotatable bonds is 5. The van der Waals surface area contributed by atoms with Gasteiger partial charge in [-0.15, -0.1) is 0 Å². The molecule has 0 aliphatic heterocycles. The number of aromatic nitrogens is 3. The number of anilines is 2. The van der Waals surface area contributed by atoms with E-state index in [1.54, 1.807) is 36.7 Å². The number of carbonyl (C=O) groups is 1. The van der Waals surface area contributed by atoms with E-state index in [1.807, 2.05) is 36.4 Å². The lowest BCUT2D eigenvalue weighted by atomic mass is 10.1. The number of hydrogen-bond donors (Lipinski definition) is 2. The summed E-state index contributed by atoms with van der Waals surface area (Å²) < 4.78 is 5.29. The molecule has 0 saturated carbocycles. The van der Waals surface area contributed by atoms with Crippen molar-refractivity contribution < 1.29 is 9.32 Å². The summed E-state index contributed by atoms with van der Waals surface area (Å²) in [5.41, 5.74) is 9.25. The zero-order valence-electron chi connectivity index (χ0n) is 14.9. The van der Waals surface area contributed by atoms with E-state index in [1.165, 1.54) is 0 Å². The third-order valence-electron chi connectivity index (χ3n) is 4.16. The minimum atomic E-state index is -0.220. The molecular formula is C21H17N5O2. The molecule has 0 aliphatic rings. The summed E-state index contributed by atoms with van der Waals surface area (Å²) in [7, 11) is 0. The third-order valence-corrected chi connectivity index (χ3v) is 4.16. The van der Waals surface area contributed by atoms with Gasteiger partial charge in [-0.3, -0.25) is 9.78 Å². The van der Waals surface area contributed by atoms with E-state index < -0.39 is 0 Å².